The number of amides is 1. The Balaban J connectivity index is 2.31. The summed E-state index contributed by atoms with van der Waals surface area (Å²) >= 11 is 0. The quantitative estimate of drug-likeness (QED) is 0.641. The predicted molar refractivity (Wildman–Crippen MR) is 113 cm³/mol. The van der Waals surface area contributed by atoms with Crippen molar-refractivity contribution in [3.8, 4) is 0 Å². The van der Waals surface area contributed by atoms with Gasteiger partial charge in [0.05, 0.1) is 6.54 Å². The Bertz CT molecular complexity index is 941. The number of nitrogens with one attached hydrogen (secondary N) is 2. The molecule has 8 nitrogen and oxygen atoms in total. The molecule has 0 saturated heterocycles. The van der Waals surface area contributed by atoms with E-state index in [1.807, 2.05) is 45.9 Å². The number of aromatic amines is 1. The number of aromatic nitrogens is 2. The number of hydrogen-bond acceptors (Lipinski definition) is 5. The van der Waals surface area contributed by atoms with Crippen molar-refractivity contribution < 1.29 is 4.79 Å². The molecule has 0 fully saturated rings. The van der Waals surface area contributed by atoms with E-state index in [4.69, 9.17) is 5.73 Å². The van der Waals surface area contributed by atoms with Crippen molar-refractivity contribution >= 4 is 23.1 Å². The van der Waals surface area contributed by atoms with Crippen LogP contribution in [0.5, 0.6) is 0 Å². The lowest BCUT2D eigenvalue weighted by Gasteiger charge is -2.24. The third kappa shape index (κ3) is 4.62. The van der Waals surface area contributed by atoms with Crippen molar-refractivity contribution in [2.24, 2.45) is 0 Å². The van der Waals surface area contributed by atoms with Gasteiger partial charge in [0, 0.05) is 18.8 Å². The van der Waals surface area contributed by atoms with E-state index < -0.39 is 11.2 Å². The Morgan fingerprint density at radius 1 is 1.21 bits per heavy atom. The molecule has 28 heavy (non-hydrogen) atoms. The maximum absolute atomic E-state index is 12.6. The Kier molecular flexibility index (Phi) is 7.03. The molecule has 1 amide bonds. The zero-order valence-electron chi connectivity index (χ0n) is 17.0. The number of anilines is 3. The molecular weight excluding hydrogens is 358 g/mol. The van der Waals surface area contributed by atoms with Gasteiger partial charge in [0.1, 0.15) is 11.5 Å². The van der Waals surface area contributed by atoms with E-state index in [1.54, 1.807) is 4.90 Å². The van der Waals surface area contributed by atoms with Gasteiger partial charge in [-0.25, -0.2) is 4.79 Å². The summed E-state index contributed by atoms with van der Waals surface area (Å²) in [4.78, 5) is 41.0. The first kappa shape index (κ1) is 21.3. The molecule has 0 radical (unpaired) electrons. The Hall–Kier alpha value is -3.03. The molecule has 2 aromatic rings. The maximum atomic E-state index is 12.6. The zero-order valence-corrected chi connectivity index (χ0v) is 17.0. The van der Waals surface area contributed by atoms with Crippen LogP contribution >= 0.6 is 0 Å². The van der Waals surface area contributed by atoms with Crippen LogP contribution in [0.3, 0.4) is 0 Å². The predicted octanol–water partition coefficient (Wildman–Crippen LogP) is 2.00. The van der Waals surface area contributed by atoms with E-state index in [0.29, 0.717) is 13.1 Å². The molecule has 1 aromatic carbocycles. The molecular formula is C20H29N5O3. The summed E-state index contributed by atoms with van der Waals surface area (Å²) < 4.78 is 1.35. The monoisotopic (exact) mass is 387 g/mol. The smallest absolute Gasteiger partial charge is 0.330 e. The van der Waals surface area contributed by atoms with Crippen LogP contribution in [0, 0.1) is 13.8 Å². The zero-order chi connectivity index (χ0) is 20.8. The van der Waals surface area contributed by atoms with Gasteiger partial charge < -0.3 is 16.0 Å². The van der Waals surface area contributed by atoms with Crippen molar-refractivity contribution in [1.29, 1.82) is 0 Å². The fraction of sp³-hybridized carbons (Fsp3) is 0.450. The van der Waals surface area contributed by atoms with Crippen LogP contribution in [0.25, 0.3) is 0 Å². The summed E-state index contributed by atoms with van der Waals surface area (Å²) in [6.45, 7) is 8.43. The van der Waals surface area contributed by atoms with Crippen molar-refractivity contribution in [3.63, 3.8) is 0 Å². The van der Waals surface area contributed by atoms with Crippen LogP contribution < -0.4 is 27.2 Å². The van der Waals surface area contributed by atoms with E-state index in [1.165, 1.54) is 4.57 Å². The molecule has 4 N–H and O–H groups in total. The highest BCUT2D eigenvalue weighted by atomic mass is 16.2. The van der Waals surface area contributed by atoms with Gasteiger partial charge in [-0.2, -0.15) is 0 Å². The lowest BCUT2D eigenvalue weighted by Crippen LogP contribution is -2.41. The lowest BCUT2D eigenvalue weighted by molar-refractivity contribution is -0.115. The highest BCUT2D eigenvalue weighted by Crippen LogP contribution is 2.20. The Labute approximate surface area is 164 Å². The van der Waals surface area contributed by atoms with Crippen LogP contribution in [0.15, 0.2) is 27.8 Å². The third-order valence-electron chi connectivity index (χ3n) is 4.73. The number of nitrogens with two attached hydrogens (primary N) is 1. The minimum atomic E-state index is -0.586. The van der Waals surface area contributed by atoms with Gasteiger partial charge >= 0.3 is 5.69 Å². The number of hydrogen-bond donors (Lipinski definition) is 3. The molecule has 2 rings (SSSR count). The van der Waals surface area contributed by atoms with Gasteiger partial charge in [0.15, 0.2) is 0 Å². The number of para-hydroxylation sites is 1. The fourth-order valence-electron chi connectivity index (χ4n) is 3.13. The topological polar surface area (TPSA) is 113 Å². The first-order chi connectivity index (χ1) is 13.3. The molecule has 0 bridgehead atoms. The fourth-order valence-corrected chi connectivity index (χ4v) is 3.13. The molecule has 8 heteroatoms. The second-order valence-corrected chi connectivity index (χ2v) is 6.83. The first-order valence-electron chi connectivity index (χ1n) is 9.53. The molecule has 152 valence electrons. The number of nitrogen functional groups attached to an aromatic ring is 1. The summed E-state index contributed by atoms with van der Waals surface area (Å²) in [5.41, 5.74) is 7.86. The third-order valence-corrected chi connectivity index (χ3v) is 4.73. The number of carbonyl (C=O) groups excluding carboxylic acids is 1. The molecule has 1 heterocycles. The molecule has 0 aliphatic heterocycles. The average molecular weight is 387 g/mol. The van der Waals surface area contributed by atoms with Crippen LogP contribution in [-0.2, 0) is 11.3 Å². The number of nitrogens with zero attached hydrogens (tertiary/aromatic N) is 2. The first-order valence-corrected chi connectivity index (χ1v) is 9.53. The van der Waals surface area contributed by atoms with E-state index >= 15 is 0 Å². The van der Waals surface area contributed by atoms with Crippen LogP contribution in [0.1, 0.15) is 37.8 Å². The van der Waals surface area contributed by atoms with E-state index in [-0.39, 0.29) is 24.0 Å². The van der Waals surface area contributed by atoms with Crippen molar-refractivity contribution in [2.45, 2.75) is 47.1 Å². The van der Waals surface area contributed by atoms with E-state index in [0.717, 1.165) is 29.7 Å². The summed E-state index contributed by atoms with van der Waals surface area (Å²) in [6, 6.07) is 5.78. The lowest BCUT2D eigenvalue weighted by atomic mass is 10.1. The average Bonchev–Trinajstić information content (AvgIpc) is 2.63. The molecule has 0 spiro atoms. The minimum absolute atomic E-state index is 0.0520. The van der Waals surface area contributed by atoms with Gasteiger partial charge in [-0.3, -0.25) is 19.1 Å². The number of likely N-dealkylation sites (N-methyl/N-ethyl adjacent to an activating group) is 1. The van der Waals surface area contributed by atoms with E-state index in [2.05, 4.69) is 10.3 Å². The Morgan fingerprint density at radius 3 is 2.43 bits per heavy atom. The van der Waals surface area contributed by atoms with Crippen LogP contribution in [0.2, 0.25) is 0 Å². The number of aryl methyl sites for hydroxylation is 2. The van der Waals surface area contributed by atoms with Crippen LogP contribution in [-0.4, -0.2) is 28.5 Å². The van der Waals surface area contributed by atoms with Gasteiger partial charge in [0.25, 0.3) is 5.56 Å². The molecule has 1 aromatic heterocycles. The largest absolute Gasteiger partial charge is 0.383 e. The second-order valence-electron chi connectivity index (χ2n) is 6.83. The van der Waals surface area contributed by atoms with Crippen molar-refractivity contribution in [3.05, 3.63) is 50.2 Å². The van der Waals surface area contributed by atoms with E-state index in [9.17, 15) is 14.4 Å². The van der Waals surface area contributed by atoms with Gasteiger partial charge in [-0.15, -0.1) is 0 Å². The number of H-pyrrole nitrogens is 1. The highest BCUT2D eigenvalue weighted by molar-refractivity contribution is 5.95. The summed E-state index contributed by atoms with van der Waals surface area (Å²) in [5.74, 6) is -0.173. The van der Waals surface area contributed by atoms with Gasteiger partial charge in [0.2, 0.25) is 5.91 Å². The summed E-state index contributed by atoms with van der Waals surface area (Å²) in [7, 11) is 0. The number of carbonyl (C=O) groups is 1. The standard InChI is InChI=1S/C20H29N5O3/c1-5-7-11-25-18(21)17(19(27)23-20(25)28)24(6-2)12-15(26)22-16-13(3)9-8-10-14(16)4/h8-10H,5-7,11-12,21H2,1-4H3,(H,22,26)(H,23,27,28). The summed E-state index contributed by atoms with van der Waals surface area (Å²) in [5, 5.41) is 2.91. The van der Waals surface area contributed by atoms with Crippen molar-refractivity contribution in [2.75, 3.05) is 29.0 Å². The normalized spacial score (nSPS) is 10.7. The van der Waals surface area contributed by atoms with Gasteiger partial charge in [-0.05, 0) is 38.3 Å². The second kappa shape index (κ2) is 9.25. The van der Waals surface area contributed by atoms with Crippen LogP contribution in [0.4, 0.5) is 17.2 Å². The molecule has 0 aliphatic carbocycles. The molecule has 0 unspecified atom stereocenters. The number of benzene rings is 1. The summed E-state index contributed by atoms with van der Waals surface area (Å²) in [6.07, 6.45) is 1.64. The Morgan fingerprint density at radius 2 is 1.86 bits per heavy atom. The van der Waals surface area contributed by atoms with Gasteiger partial charge in [-0.1, -0.05) is 31.5 Å². The molecule has 0 saturated carbocycles. The maximum Gasteiger partial charge on any atom is 0.330 e. The number of rotatable bonds is 8. The highest BCUT2D eigenvalue weighted by Gasteiger charge is 2.20. The SMILES string of the molecule is CCCCn1c(N)c(N(CC)CC(=O)Nc2c(C)cccc2C)c(=O)[nH]c1=O. The molecule has 0 atom stereocenters. The van der Waals surface area contributed by atoms with Crippen molar-refractivity contribution in [1.82, 2.24) is 9.55 Å². The minimum Gasteiger partial charge on any atom is -0.383 e. The molecule has 0 aliphatic rings. The number of unbranched alkanes of at least 4 members (excludes halogenated alkanes) is 1.